The molecular formula is C25H24N6O5. The van der Waals surface area contributed by atoms with Gasteiger partial charge in [0.15, 0.2) is 11.5 Å². The quantitative estimate of drug-likeness (QED) is 0.419. The molecule has 2 N–H and O–H groups in total. The Balaban J connectivity index is 1.60. The van der Waals surface area contributed by atoms with Gasteiger partial charge < -0.3 is 24.6 Å². The number of phenolic OH excluding ortho intramolecular Hbond substituents is 1. The van der Waals surface area contributed by atoms with Gasteiger partial charge in [-0.25, -0.2) is 4.98 Å². The van der Waals surface area contributed by atoms with Gasteiger partial charge in [-0.05, 0) is 48.9 Å². The lowest BCUT2D eigenvalue weighted by Crippen LogP contribution is -2.25. The number of hydrogen-bond donors (Lipinski definition) is 2. The summed E-state index contributed by atoms with van der Waals surface area (Å²) in [5.74, 6) is 1.26. The number of rotatable bonds is 6. The fourth-order valence-corrected chi connectivity index (χ4v) is 4.38. The molecular weight excluding hydrogens is 464 g/mol. The fourth-order valence-electron chi connectivity index (χ4n) is 4.38. The van der Waals surface area contributed by atoms with Crippen LogP contribution in [0.15, 0.2) is 42.6 Å². The number of aromatic hydroxyl groups is 1. The summed E-state index contributed by atoms with van der Waals surface area (Å²) in [6, 6.07) is 10.8. The molecule has 0 aliphatic carbocycles. The normalized spacial score (nSPS) is 14.7. The van der Waals surface area contributed by atoms with Crippen molar-refractivity contribution in [1.29, 1.82) is 0 Å². The molecule has 0 bridgehead atoms. The molecule has 5 rings (SSSR count). The molecule has 0 spiro atoms. The van der Waals surface area contributed by atoms with Gasteiger partial charge in [-0.1, -0.05) is 0 Å². The van der Waals surface area contributed by atoms with Crippen LogP contribution < -0.4 is 19.5 Å². The van der Waals surface area contributed by atoms with E-state index in [1.807, 2.05) is 31.2 Å². The van der Waals surface area contributed by atoms with Crippen LogP contribution in [0.25, 0.3) is 17.2 Å². The largest absolute Gasteiger partial charge is 0.502 e. The fraction of sp³-hybridized carbons (Fsp3) is 0.240. The van der Waals surface area contributed by atoms with E-state index in [1.54, 1.807) is 25.4 Å². The first-order chi connectivity index (χ1) is 17.4. The lowest BCUT2D eigenvalue weighted by atomic mass is 9.85. The van der Waals surface area contributed by atoms with Crippen molar-refractivity contribution in [1.82, 2.24) is 25.0 Å². The van der Waals surface area contributed by atoms with Gasteiger partial charge in [-0.15, -0.1) is 5.10 Å². The van der Waals surface area contributed by atoms with Crippen LogP contribution in [-0.2, 0) is 4.79 Å². The summed E-state index contributed by atoms with van der Waals surface area (Å²) in [6.07, 6.45) is 1.74. The topological polar surface area (TPSA) is 134 Å². The van der Waals surface area contributed by atoms with Crippen molar-refractivity contribution in [3.63, 3.8) is 0 Å². The first-order valence-electron chi connectivity index (χ1n) is 11.1. The zero-order chi connectivity index (χ0) is 25.4. The van der Waals surface area contributed by atoms with Crippen molar-refractivity contribution >= 4 is 11.7 Å². The Kier molecular flexibility index (Phi) is 5.88. The van der Waals surface area contributed by atoms with Crippen molar-refractivity contribution < 1.29 is 24.1 Å². The predicted octanol–water partition coefficient (Wildman–Crippen LogP) is 3.24. The molecule has 11 heteroatoms. The van der Waals surface area contributed by atoms with Gasteiger partial charge in [0.1, 0.15) is 11.6 Å². The van der Waals surface area contributed by atoms with E-state index in [-0.39, 0.29) is 41.4 Å². The maximum Gasteiger partial charge on any atom is 0.272 e. The summed E-state index contributed by atoms with van der Waals surface area (Å²) in [7, 11) is 4.52. The predicted molar refractivity (Wildman–Crippen MR) is 130 cm³/mol. The third kappa shape index (κ3) is 3.94. The third-order valence-electron chi connectivity index (χ3n) is 6.13. The van der Waals surface area contributed by atoms with E-state index in [9.17, 15) is 9.90 Å². The third-order valence-corrected chi connectivity index (χ3v) is 6.13. The van der Waals surface area contributed by atoms with Crippen molar-refractivity contribution in [3.8, 4) is 40.2 Å². The molecule has 11 nitrogen and oxygen atoms in total. The van der Waals surface area contributed by atoms with Gasteiger partial charge in [-0.2, -0.15) is 14.9 Å². The molecule has 3 heterocycles. The Morgan fingerprint density at radius 3 is 2.39 bits per heavy atom. The molecule has 1 atom stereocenters. The van der Waals surface area contributed by atoms with Crippen molar-refractivity contribution in [2.45, 2.75) is 19.3 Å². The average Bonchev–Trinajstić information content (AvgIpc) is 3.24. The number of hydrogen-bond acceptors (Lipinski definition) is 9. The molecule has 1 aliphatic rings. The van der Waals surface area contributed by atoms with Crippen LogP contribution in [0.5, 0.6) is 23.0 Å². The number of nitrogens with zero attached hydrogens (tertiary/aromatic N) is 5. The number of nitrogens with one attached hydrogen (secondary N) is 1. The molecule has 1 aliphatic heterocycles. The first-order valence-corrected chi connectivity index (χ1v) is 11.1. The van der Waals surface area contributed by atoms with Crippen molar-refractivity contribution in [2.24, 2.45) is 0 Å². The number of anilines is 1. The van der Waals surface area contributed by atoms with Crippen LogP contribution in [0.4, 0.5) is 5.82 Å². The summed E-state index contributed by atoms with van der Waals surface area (Å²) in [6.45, 7) is 1.86. The van der Waals surface area contributed by atoms with E-state index in [4.69, 9.17) is 14.2 Å². The monoisotopic (exact) mass is 488 g/mol. The first kappa shape index (κ1) is 23.1. The van der Waals surface area contributed by atoms with E-state index < -0.39 is 0 Å². The molecule has 0 radical (unpaired) electrons. The molecule has 184 valence electrons. The van der Waals surface area contributed by atoms with E-state index >= 15 is 0 Å². The molecule has 2 aromatic carbocycles. The summed E-state index contributed by atoms with van der Waals surface area (Å²) in [5, 5.41) is 26.2. The van der Waals surface area contributed by atoms with Crippen molar-refractivity contribution in [2.75, 3.05) is 26.6 Å². The second-order valence-electron chi connectivity index (χ2n) is 8.21. The summed E-state index contributed by atoms with van der Waals surface area (Å²) in [5.41, 5.74) is 3.67. The number of amides is 1. The maximum atomic E-state index is 12.8. The van der Waals surface area contributed by atoms with Crippen LogP contribution in [0.3, 0.4) is 0 Å². The van der Waals surface area contributed by atoms with Gasteiger partial charge in [0.2, 0.25) is 11.7 Å². The SMILES string of the molecule is COc1ccc(-c2cnnc(-n3nc(C)c4c3NC(=O)CC4c3cc(OC)c(O)c(OC)c3)n2)cc1. The van der Waals surface area contributed by atoms with Gasteiger partial charge >= 0.3 is 0 Å². The molecule has 0 fully saturated rings. The molecule has 2 aromatic heterocycles. The van der Waals surface area contributed by atoms with E-state index in [0.717, 1.165) is 22.4 Å². The molecule has 4 aromatic rings. The minimum Gasteiger partial charge on any atom is -0.502 e. The van der Waals surface area contributed by atoms with Crippen LogP contribution in [-0.4, -0.2) is 57.3 Å². The zero-order valence-corrected chi connectivity index (χ0v) is 20.1. The highest BCUT2D eigenvalue weighted by molar-refractivity contribution is 5.95. The maximum absolute atomic E-state index is 12.8. The molecule has 1 amide bonds. The van der Waals surface area contributed by atoms with Crippen LogP contribution in [0.1, 0.15) is 29.2 Å². The highest BCUT2D eigenvalue weighted by Crippen LogP contribution is 2.45. The van der Waals surface area contributed by atoms with E-state index in [2.05, 4.69) is 25.6 Å². The van der Waals surface area contributed by atoms with Gasteiger partial charge in [-0.3, -0.25) is 4.79 Å². The number of aromatic nitrogens is 5. The zero-order valence-electron chi connectivity index (χ0n) is 20.1. The average molecular weight is 489 g/mol. The van der Waals surface area contributed by atoms with Crippen LogP contribution >= 0.6 is 0 Å². The van der Waals surface area contributed by atoms with Gasteiger partial charge in [0, 0.05) is 23.5 Å². The lowest BCUT2D eigenvalue weighted by molar-refractivity contribution is -0.116. The van der Waals surface area contributed by atoms with Gasteiger partial charge in [0.05, 0.1) is 38.9 Å². The molecule has 1 unspecified atom stereocenters. The molecule has 36 heavy (non-hydrogen) atoms. The number of ether oxygens (including phenoxy) is 3. The Morgan fingerprint density at radius 1 is 1.06 bits per heavy atom. The molecule has 0 saturated carbocycles. The van der Waals surface area contributed by atoms with Crippen molar-refractivity contribution in [3.05, 3.63) is 59.4 Å². The minimum absolute atomic E-state index is 0.105. The lowest BCUT2D eigenvalue weighted by Gasteiger charge is -2.25. The molecule has 0 saturated heterocycles. The van der Waals surface area contributed by atoms with Gasteiger partial charge in [0.25, 0.3) is 5.95 Å². The van der Waals surface area contributed by atoms with E-state index in [0.29, 0.717) is 17.2 Å². The highest BCUT2D eigenvalue weighted by Gasteiger charge is 2.34. The van der Waals surface area contributed by atoms with Crippen LogP contribution in [0, 0.1) is 6.92 Å². The number of phenols is 1. The summed E-state index contributed by atoms with van der Waals surface area (Å²) in [4.78, 5) is 17.4. The number of aryl methyl sites for hydroxylation is 1. The number of fused-ring (bicyclic) bond motifs is 1. The number of methoxy groups -OCH3 is 3. The second kappa shape index (κ2) is 9.17. The number of carbonyl (C=O) groups is 1. The standard InChI is InChI=1S/C25H24N6O5/c1-13-22-17(15-9-19(35-3)23(33)20(10-15)36-4)11-21(32)28-24(22)31(30-13)25-27-18(12-26-29-25)14-5-7-16(34-2)8-6-14/h5-10,12,17,33H,11H2,1-4H3,(H,28,32). The number of carbonyl (C=O) groups excluding carboxylic acids is 1. The summed E-state index contributed by atoms with van der Waals surface area (Å²) >= 11 is 0. The highest BCUT2D eigenvalue weighted by atomic mass is 16.5. The van der Waals surface area contributed by atoms with Crippen LogP contribution in [0.2, 0.25) is 0 Å². The minimum atomic E-state index is -0.358. The smallest absolute Gasteiger partial charge is 0.272 e. The Labute approximate surface area is 206 Å². The summed E-state index contributed by atoms with van der Waals surface area (Å²) < 4.78 is 17.4. The Bertz CT molecular complexity index is 1430. The Morgan fingerprint density at radius 2 is 1.75 bits per heavy atom. The Hall–Kier alpha value is -4.67. The second-order valence-corrected chi connectivity index (χ2v) is 8.21. The number of benzene rings is 2. The van der Waals surface area contributed by atoms with E-state index in [1.165, 1.54) is 18.9 Å².